The SMILES string of the molecule is CCOC1CC([Si](NC(C)(C)C)(c2ccc(C)cc2)c2ccc(C)cc2)C2C=CC=CC12. The maximum atomic E-state index is 6.35. The number of benzene rings is 2. The molecule has 0 heterocycles. The summed E-state index contributed by atoms with van der Waals surface area (Å²) in [5.41, 5.74) is 3.13. The molecule has 0 amide bonds. The molecule has 1 fully saturated rings. The zero-order valence-electron chi connectivity index (χ0n) is 20.6. The zero-order valence-corrected chi connectivity index (χ0v) is 21.6. The molecule has 32 heavy (non-hydrogen) atoms. The maximum absolute atomic E-state index is 6.35. The van der Waals surface area contributed by atoms with Crippen LogP contribution in [0, 0.1) is 25.7 Å². The van der Waals surface area contributed by atoms with Gasteiger partial charge < -0.3 is 9.72 Å². The highest BCUT2D eigenvalue weighted by Gasteiger charge is 2.56. The van der Waals surface area contributed by atoms with Crippen LogP contribution in [-0.2, 0) is 4.74 Å². The third-order valence-electron chi connectivity index (χ3n) is 7.13. The van der Waals surface area contributed by atoms with Gasteiger partial charge in [0.2, 0.25) is 0 Å². The second-order valence-electron chi connectivity index (χ2n) is 10.7. The fourth-order valence-corrected chi connectivity index (χ4v) is 11.6. The predicted octanol–water partition coefficient (Wildman–Crippen LogP) is 5.29. The topological polar surface area (TPSA) is 21.3 Å². The highest BCUT2D eigenvalue weighted by Crippen LogP contribution is 2.50. The summed E-state index contributed by atoms with van der Waals surface area (Å²) in [7, 11) is -2.39. The second kappa shape index (κ2) is 9.13. The lowest BCUT2D eigenvalue weighted by Gasteiger charge is -2.46. The van der Waals surface area contributed by atoms with E-state index in [0.717, 1.165) is 13.0 Å². The molecule has 0 spiro atoms. The molecule has 0 aliphatic heterocycles. The lowest BCUT2D eigenvalue weighted by Crippen LogP contribution is -2.75. The lowest BCUT2D eigenvalue weighted by molar-refractivity contribution is 0.0450. The first-order valence-electron chi connectivity index (χ1n) is 12.1. The fourth-order valence-electron chi connectivity index (χ4n) is 5.90. The summed E-state index contributed by atoms with van der Waals surface area (Å²) in [5.74, 6) is 0.940. The quantitative estimate of drug-likeness (QED) is 0.610. The van der Waals surface area contributed by atoms with E-state index in [1.54, 1.807) is 0 Å². The van der Waals surface area contributed by atoms with Gasteiger partial charge >= 0.3 is 0 Å². The number of hydrogen-bond donors (Lipinski definition) is 1. The van der Waals surface area contributed by atoms with Gasteiger partial charge in [-0.25, -0.2) is 0 Å². The van der Waals surface area contributed by atoms with Gasteiger partial charge in [0.1, 0.15) is 0 Å². The molecule has 3 heteroatoms. The van der Waals surface area contributed by atoms with Crippen LogP contribution in [0.4, 0.5) is 0 Å². The van der Waals surface area contributed by atoms with E-state index in [2.05, 4.69) is 119 Å². The van der Waals surface area contributed by atoms with Crippen LogP contribution in [-0.4, -0.2) is 26.5 Å². The molecular weight excluding hydrogens is 406 g/mol. The van der Waals surface area contributed by atoms with Crippen molar-refractivity contribution in [2.45, 2.75) is 65.1 Å². The number of ether oxygens (including phenoxy) is 1. The molecule has 4 rings (SSSR count). The predicted molar refractivity (Wildman–Crippen MR) is 139 cm³/mol. The summed E-state index contributed by atoms with van der Waals surface area (Å²) in [6.45, 7) is 14.2. The molecular formula is C29H39NOSi. The largest absolute Gasteiger partial charge is 0.378 e. The van der Waals surface area contributed by atoms with Crippen LogP contribution >= 0.6 is 0 Å². The number of fused-ring (bicyclic) bond motifs is 1. The summed E-state index contributed by atoms with van der Waals surface area (Å²) in [6, 6.07) is 18.7. The minimum absolute atomic E-state index is 0.00455. The minimum Gasteiger partial charge on any atom is -0.378 e. The van der Waals surface area contributed by atoms with Gasteiger partial charge in [-0.2, -0.15) is 0 Å². The highest BCUT2D eigenvalue weighted by molar-refractivity contribution is 7.01. The summed E-state index contributed by atoms with van der Waals surface area (Å²) < 4.78 is 6.35. The normalized spacial score (nSPS) is 25.2. The molecule has 4 unspecified atom stereocenters. The molecule has 2 aromatic carbocycles. The van der Waals surface area contributed by atoms with Gasteiger partial charge in [0.25, 0.3) is 0 Å². The first-order valence-corrected chi connectivity index (χ1v) is 14.2. The Labute approximate surface area is 195 Å². The molecule has 2 aliphatic rings. The number of aryl methyl sites for hydroxylation is 2. The summed E-state index contributed by atoms with van der Waals surface area (Å²) in [6.07, 6.45) is 10.7. The van der Waals surface area contributed by atoms with E-state index in [9.17, 15) is 0 Å². The van der Waals surface area contributed by atoms with Crippen molar-refractivity contribution in [3.63, 3.8) is 0 Å². The van der Waals surface area contributed by atoms with E-state index in [-0.39, 0.29) is 11.6 Å². The minimum atomic E-state index is -2.39. The number of nitrogens with one attached hydrogen (secondary N) is 1. The van der Waals surface area contributed by atoms with Crippen molar-refractivity contribution in [2.75, 3.05) is 6.61 Å². The number of rotatable bonds is 6. The third-order valence-corrected chi connectivity index (χ3v) is 12.5. The molecule has 0 aromatic heterocycles. The van der Waals surface area contributed by atoms with Crippen LogP contribution in [0.3, 0.4) is 0 Å². The standard InChI is InChI=1S/C29H39NOSi/c1-7-31-27-20-28(26-11-9-8-10-25(26)27)32(30-29(4,5)6,23-16-12-21(2)13-17-23)24-18-14-22(3)15-19-24/h8-19,25-28,30H,7,20H2,1-6H3. The molecule has 1 saturated carbocycles. The summed E-state index contributed by atoms with van der Waals surface area (Å²) >= 11 is 0. The van der Waals surface area contributed by atoms with E-state index in [0.29, 0.717) is 17.4 Å². The molecule has 2 aromatic rings. The van der Waals surface area contributed by atoms with E-state index in [4.69, 9.17) is 4.74 Å². The van der Waals surface area contributed by atoms with Gasteiger partial charge in [-0.15, -0.1) is 0 Å². The van der Waals surface area contributed by atoms with E-state index in [1.165, 1.54) is 21.5 Å². The number of allylic oxidation sites excluding steroid dienone is 3. The van der Waals surface area contributed by atoms with Crippen molar-refractivity contribution >= 4 is 18.6 Å². The van der Waals surface area contributed by atoms with Crippen LogP contribution in [0.1, 0.15) is 45.2 Å². The molecule has 2 nitrogen and oxygen atoms in total. The Hall–Kier alpha value is -1.94. The van der Waals surface area contributed by atoms with Crippen LogP contribution in [0.2, 0.25) is 5.54 Å². The van der Waals surface area contributed by atoms with Crippen LogP contribution in [0.5, 0.6) is 0 Å². The molecule has 0 radical (unpaired) electrons. The Morgan fingerprint density at radius 2 is 1.34 bits per heavy atom. The molecule has 2 aliphatic carbocycles. The lowest BCUT2D eigenvalue weighted by atomic mass is 9.90. The smallest absolute Gasteiger partial charge is 0.194 e. The van der Waals surface area contributed by atoms with E-state index < -0.39 is 8.24 Å². The highest BCUT2D eigenvalue weighted by atomic mass is 28.3. The van der Waals surface area contributed by atoms with Gasteiger partial charge in [-0.1, -0.05) is 84.0 Å². The average Bonchev–Trinajstić information content (AvgIpc) is 3.12. The summed E-state index contributed by atoms with van der Waals surface area (Å²) in [4.78, 5) is 4.30. The van der Waals surface area contributed by atoms with Crippen LogP contribution in [0.15, 0.2) is 72.8 Å². The third kappa shape index (κ3) is 4.43. The van der Waals surface area contributed by atoms with Gasteiger partial charge in [0, 0.05) is 18.1 Å². The Kier molecular flexibility index (Phi) is 6.62. The Balaban J connectivity index is 1.95. The summed E-state index contributed by atoms with van der Waals surface area (Å²) in [5, 5.41) is 2.96. The first kappa shape index (κ1) is 23.2. The molecule has 0 saturated heterocycles. The van der Waals surface area contributed by atoms with Crippen molar-refractivity contribution in [1.82, 2.24) is 4.98 Å². The van der Waals surface area contributed by atoms with Crippen molar-refractivity contribution < 1.29 is 4.74 Å². The van der Waals surface area contributed by atoms with Gasteiger partial charge in [0.05, 0.1) is 6.10 Å². The van der Waals surface area contributed by atoms with E-state index in [1.807, 2.05) is 0 Å². The fraction of sp³-hybridized carbons (Fsp3) is 0.448. The molecule has 1 N–H and O–H groups in total. The van der Waals surface area contributed by atoms with Crippen molar-refractivity contribution in [1.29, 1.82) is 0 Å². The zero-order chi connectivity index (χ0) is 22.9. The average molecular weight is 446 g/mol. The first-order chi connectivity index (χ1) is 15.2. The van der Waals surface area contributed by atoms with Gasteiger partial charge in [-0.05, 0) is 69.8 Å². The molecule has 4 atom stereocenters. The van der Waals surface area contributed by atoms with Gasteiger partial charge in [0.15, 0.2) is 8.24 Å². The Morgan fingerprint density at radius 1 is 0.844 bits per heavy atom. The maximum Gasteiger partial charge on any atom is 0.194 e. The van der Waals surface area contributed by atoms with Gasteiger partial charge in [-0.3, -0.25) is 0 Å². The monoisotopic (exact) mass is 445 g/mol. The second-order valence-corrected chi connectivity index (χ2v) is 14.4. The molecule has 170 valence electrons. The van der Waals surface area contributed by atoms with Crippen molar-refractivity contribution in [3.05, 3.63) is 84.0 Å². The van der Waals surface area contributed by atoms with Crippen molar-refractivity contribution in [3.8, 4) is 0 Å². The Morgan fingerprint density at radius 3 is 1.81 bits per heavy atom. The Bertz CT molecular complexity index is 922. The molecule has 0 bridgehead atoms. The van der Waals surface area contributed by atoms with E-state index >= 15 is 0 Å². The number of hydrogen-bond acceptors (Lipinski definition) is 2. The van der Waals surface area contributed by atoms with Crippen molar-refractivity contribution in [2.24, 2.45) is 11.8 Å². The van der Waals surface area contributed by atoms with Crippen LogP contribution < -0.4 is 15.4 Å². The van der Waals surface area contributed by atoms with Crippen LogP contribution in [0.25, 0.3) is 0 Å².